The fourth-order valence-electron chi connectivity index (χ4n) is 0.918. The summed E-state index contributed by atoms with van der Waals surface area (Å²) in [5.74, 6) is 0. The zero-order valence-corrected chi connectivity index (χ0v) is 7.12. The summed E-state index contributed by atoms with van der Waals surface area (Å²) in [6.45, 7) is 1.17. The summed E-state index contributed by atoms with van der Waals surface area (Å²) in [7, 11) is 0. The Morgan fingerprint density at radius 2 is 2.08 bits per heavy atom. The second kappa shape index (κ2) is 3.02. The molecule has 0 spiro atoms. The molecule has 0 amide bonds. The Bertz CT molecular complexity index is 344. The van der Waals surface area contributed by atoms with E-state index in [1.165, 1.54) is 6.92 Å². The van der Waals surface area contributed by atoms with Gasteiger partial charge in [0, 0.05) is 5.69 Å². The van der Waals surface area contributed by atoms with Gasteiger partial charge < -0.3 is 0 Å². The minimum atomic E-state index is -4.61. The average Bonchev–Trinajstić information content (AvgIpc) is 2.28. The molecule has 0 unspecified atom stereocenters. The van der Waals surface area contributed by atoms with E-state index in [1.807, 2.05) is 5.10 Å². The first kappa shape index (κ1) is 10.0. The number of H-pyrrole nitrogens is 1. The van der Waals surface area contributed by atoms with Crippen LogP contribution in [0.25, 0.3) is 0 Å². The van der Waals surface area contributed by atoms with Crippen LogP contribution >= 0.6 is 11.6 Å². The Morgan fingerprint density at radius 3 is 2.38 bits per heavy atom. The first-order chi connectivity index (χ1) is 5.84. The molecular weight excluding hydrogens is 209 g/mol. The first-order valence-corrected chi connectivity index (χ1v) is 3.54. The molecule has 0 bridgehead atoms. The van der Waals surface area contributed by atoms with Crippen LogP contribution in [0.2, 0.25) is 0 Å². The molecule has 0 aliphatic carbocycles. The maximum absolute atomic E-state index is 12.2. The molecule has 72 valence electrons. The molecule has 13 heavy (non-hydrogen) atoms. The molecule has 0 aliphatic heterocycles. The van der Waals surface area contributed by atoms with Crippen molar-refractivity contribution >= 4 is 16.8 Å². The van der Waals surface area contributed by atoms with Gasteiger partial charge in [0.05, 0.1) is 0 Å². The van der Waals surface area contributed by atoms with Crippen LogP contribution in [-0.2, 0) is 6.18 Å². The van der Waals surface area contributed by atoms with Crippen molar-refractivity contribution in [2.75, 3.05) is 0 Å². The molecule has 0 saturated heterocycles. The van der Waals surface area contributed by atoms with E-state index in [9.17, 15) is 18.0 Å². The van der Waals surface area contributed by atoms with Gasteiger partial charge in [0.25, 0.3) is 5.24 Å². The second-order valence-electron chi connectivity index (χ2n) is 2.34. The zero-order chi connectivity index (χ0) is 10.2. The largest absolute Gasteiger partial charge is 0.420 e. The summed E-state index contributed by atoms with van der Waals surface area (Å²) >= 11 is 4.91. The summed E-state index contributed by atoms with van der Waals surface area (Å²) in [6, 6.07) is 0. The molecule has 1 rings (SSSR count). The fraction of sp³-hybridized carbons (Fsp3) is 0.333. The lowest BCUT2D eigenvalue weighted by Crippen LogP contribution is -2.10. The van der Waals surface area contributed by atoms with Gasteiger partial charge in [-0.2, -0.15) is 18.3 Å². The lowest BCUT2D eigenvalue weighted by atomic mass is 10.2. The predicted molar refractivity (Wildman–Crippen MR) is 38.5 cm³/mol. The maximum atomic E-state index is 12.2. The van der Waals surface area contributed by atoms with Crippen LogP contribution in [0.4, 0.5) is 13.2 Å². The van der Waals surface area contributed by atoms with Crippen LogP contribution in [-0.4, -0.2) is 15.4 Å². The Balaban J connectivity index is 3.33. The van der Waals surface area contributed by atoms with Crippen molar-refractivity contribution in [3.8, 4) is 0 Å². The van der Waals surface area contributed by atoms with Crippen LogP contribution < -0.4 is 0 Å². The minimum Gasteiger partial charge on any atom is -0.281 e. The monoisotopic (exact) mass is 212 g/mol. The Hall–Kier alpha value is -1.04. The van der Waals surface area contributed by atoms with E-state index in [2.05, 4.69) is 5.10 Å². The number of rotatable bonds is 1. The molecule has 1 aromatic heterocycles. The number of carbonyl (C=O) groups is 1. The van der Waals surface area contributed by atoms with Gasteiger partial charge in [0.15, 0.2) is 5.69 Å². The second-order valence-corrected chi connectivity index (χ2v) is 2.69. The number of hydrogen-bond donors (Lipinski definition) is 1. The van der Waals surface area contributed by atoms with Crippen molar-refractivity contribution < 1.29 is 18.0 Å². The lowest BCUT2D eigenvalue weighted by Gasteiger charge is -2.05. The molecule has 0 saturated carbocycles. The highest BCUT2D eigenvalue weighted by Gasteiger charge is 2.39. The highest BCUT2D eigenvalue weighted by molar-refractivity contribution is 6.67. The third kappa shape index (κ3) is 1.82. The smallest absolute Gasteiger partial charge is 0.281 e. The Kier molecular flexibility index (Phi) is 2.34. The van der Waals surface area contributed by atoms with Crippen molar-refractivity contribution in [1.82, 2.24) is 10.2 Å². The summed E-state index contributed by atoms with van der Waals surface area (Å²) in [4.78, 5) is 10.5. The van der Waals surface area contributed by atoms with Gasteiger partial charge in [0.1, 0.15) is 5.56 Å². The number of aryl methyl sites for hydroxylation is 1. The molecule has 0 aliphatic rings. The number of aromatic amines is 1. The van der Waals surface area contributed by atoms with E-state index in [4.69, 9.17) is 11.6 Å². The van der Waals surface area contributed by atoms with E-state index in [0.29, 0.717) is 0 Å². The molecule has 7 heteroatoms. The molecule has 0 atom stereocenters. The van der Waals surface area contributed by atoms with Gasteiger partial charge in [-0.1, -0.05) is 0 Å². The molecule has 3 nitrogen and oxygen atoms in total. The number of nitrogens with one attached hydrogen (secondary N) is 1. The normalized spacial score (nSPS) is 11.8. The van der Waals surface area contributed by atoms with Crippen LogP contribution in [0, 0.1) is 6.92 Å². The van der Waals surface area contributed by atoms with E-state index in [1.54, 1.807) is 0 Å². The van der Waals surface area contributed by atoms with Gasteiger partial charge in [-0.15, -0.1) is 0 Å². The summed E-state index contributed by atoms with van der Waals surface area (Å²) in [5, 5.41) is 3.98. The predicted octanol–water partition coefficient (Wildman–Crippen LogP) is 2.12. The number of carbonyl (C=O) groups excluding carboxylic acids is 1. The Morgan fingerprint density at radius 1 is 1.54 bits per heavy atom. The molecular formula is C6H4ClF3N2O. The van der Waals surface area contributed by atoms with E-state index in [0.717, 1.165) is 0 Å². The van der Waals surface area contributed by atoms with Crippen LogP contribution in [0.3, 0.4) is 0 Å². The van der Waals surface area contributed by atoms with Crippen LogP contribution in [0.5, 0.6) is 0 Å². The number of hydrogen-bond acceptors (Lipinski definition) is 2. The molecule has 0 fully saturated rings. The molecule has 0 radical (unpaired) electrons. The number of halogens is 4. The van der Waals surface area contributed by atoms with Gasteiger partial charge >= 0.3 is 6.18 Å². The quantitative estimate of drug-likeness (QED) is 0.725. The number of nitrogens with zero attached hydrogens (tertiary/aromatic N) is 1. The van der Waals surface area contributed by atoms with Crippen LogP contribution in [0.15, 0.2) is 0 Å². The number of aromatic nitrogens is 2. The van der Waals surface area contributed by atoms with E-state index in [-0.39, 0.29) is 5.69 Å². The summed E-state index contributed by atoms with van der Waals surface area (Å²) < 4.78 is 36.7. The van der Waals surface area contributed by atoms with Crippen molar-refractivity contribution in [3.63, 3.8) is 0 Å². The third-order valence-electron chi connectivity index (χ3n) is 1.42. The highest BCUT2D eigenvalue weighted by atomic mass is 35.5. The molecule has 1 aromatic rings. The van der Waals surface area contributed by atoms with Crippen molar-refractivity contribution in [2.45, 2.75) is 13.1 Å². The molecule has 1 N–H and O–H groups in total. The Labute approximate surface area is 75.9 Å². The van der Waals surface area contributed by atoms with Gasteiger partial charge in [-0.3, -0.25) is 9.89 Å². The molecule has 0 aromatic carbocycles. The third-order valence-corrected chi connectivity index (χ3v) is 1.60. The summed E-state index contributed by atoms with van der Waals surface area (Å²) in [5.41, 5.74) is -2.12. The first-order valence-electron chi connectivity index (χ1n) is 3.16. The zero-order valence-electron chi connectivity index (χ0n) is 6.37. The van der Waals surface area contributed by atoms with Crippen molar-refractivity contribution in [2.24, 2.45) is 0 Å². The van der Waals surface area contributed by atoms with Gasteiger partial charge in [-0.05, 0) is 18.5 Å². The van der Waals surface area contributed by atoms with Gasteiger partial charge in [0.2, 0.25) is 0 Å². The lowest BCUT2D eigenvalue weighted by molar-refractivity contribution is -0.138. The maximum Gasteiger partial charge on any atom is 0.420 e. The topological polar surface area (TPSA) is 45.8 Å². The minimum absolute atomic E-state index is 0.225. The fourth-order valence-corrected chi connectivity index (χ4v) is 1.05. The average molecular weight is 213 g/mol. The summed E-state index contributed by atoms with van der Waals surface area (Å²) in [6.07, 6.45) is -4.61. The van der Waals surface area contributed by atoms with Crippen LogP contribution in [0.1, 0.15) is 21.7 Å². The van der Waals surface area contributed by atoms with E-state index >= 15 is 0 Å². The highest BCUT2D eigenvalue weighted by Crippen LogP contribution is 2.33. The van der Waals surface area contributed by atoms with Crippen molar-refractivity contribution in [1.29, 1.82) is 0 Å². The van der Waals surface area contributed by atoms with E-state index < -0.39 is 22.7 Å². The SMILES string of the molecule is Cc1[nH]nc(C(=O)Cl)c1C(F)(F)F. The number of alkyl halides is 3. The standard InChI is InChI=1S/C6H4ClF3N2O/c1-2-3(6(8,9)10)4(5(7)13)12-11-2/h1H3,(H,11,12). The van der Waals surface area contributed by atoms with Crippen molar-refractivity contribution in [3.05, 3.63) is 17.0 Å². The molecule has 1 heterocycles. The van der Waals surface area contributed by atoms with Gasteiger partial charge in [-0.25, -0.2) is 0 Å².